The maximum absolute atomic E-state index is 13.6. The Balaban J connectivity index is 2.23. The van der Waals surface area contributed by atoms with Crippen molar-refractivity contribution in [3.8, 4) is 0 Å². The SMILES string of the molecule is CCCNc1ncnc(Nc2ccccc2F)c1Br. The molecule has 0 radical (unpaired) electrons. The van der Waals surface area contributed by atoms with Crippen molar-refractivity contribution in [2.45, 2.75) is 13.3 Å². The number of aromatic nitrogens is 2. The minimum Gasteiger partial charge on any atom is -0.369 e. The summed E-state index contributed by atoms with van der Waals surface area (Å²) in [6.07, 6.45) is 2.43. The third-order valence-electron chi connectivity index (χ3n) is 2.46. The number of anilines is 3. The van der Waals surface area contributed by atoms with Gasteiger partial charge >= 0.3 is 0 Å². The van der Waals surface area contributed by atoms with Crippen LogP contribution in [0.15, 0.2) is 35.1 Å². The minimum atomic E-state index is -0.323. The molecule has 0 amide bonds. The zero-order chi connectivity index (χ0) is 13.7. The summed E-state index contributed by atoms with van der Waals surface area (Å²) < 4.78 is 14.3. The lowest BCUT2D eigenvalue weighted by atomic mass is 10.3. The van der Waals surface area contributed by atoms with E-state index in [4.69, 9.17) is 0 Å². The first-order valence-electron chi connectivity index (χ1n) is 5.98. The molecule has 19 heavy (non-hydrogen) atoms. The average Bonchev–Trinajstić information content (AvgIpc) is 2.42. The Kier molecular flexibility index (Phi) is 4.68. The number of halogens is 2. The fourth-order valence-corrected chi connectivity index (χ4v) is 1.96. The summed E-state index contributed by atoms with van der Waals surface area (Å²) in [7, 11) is 0. The zero-order valence-corrected chi connectivity index (χ0v) is 12.0. The first-order valence-corrected chi connectivity index (χ1v) is 6.77. The molecule has 0 spiro atoms. The van der Waals surface area contributed by atoms with Gasteiger partial charge in [0.25, 0.3) is 0 Å². The van der Waals surface area contributed by atoms with Gasteiger partial charge in [0, 0.05) is 6.54 Å². The second-order valence-electron chi connectivity index (χ2n) is 3.92. The van der Waals surface area contributed by atoms with Gasteiger partial charge in [0.15, 0.2) is 0 Å². The van der Waals surface area contributed by atoms with Crippen molar-refractivity contribution in [1.82, 2.24) is 9.97 Å². The zero-order valence-electron chi connectivity index (χ0n) is 10.5. The number of hydrogen-bond donors (Lipinski definition) is 2. The van der Waals surface area contributed by atoms with Crippen LogP contribution in [0.2, 0.25) is 0 Å². The Morgan fingerprint density at radius 3 is 2.68 bits per heavy atom. The van der Waals surface area contributed by atoms with Crippen molar-refractivity contribution >= 4 is 33.3 Å². The molecule has 2 rings (SSSR count). The molecule has 1 aromatic carbocycles. The summed E-state index contributed by atoms with van der Waals surface area (Å²) in [6, 6.07) is 6.46. The van der Waals surface area contributed by atoms with Crippen LogP contribution in [0.25, 0.3) is 0 Å². The number of para-hydroxylation sites is 1. The Hall–Kier alpha value is -1.69. The van der Waals surface area contributed by atoms with E-state index in [9.17, 15) is 4.39 Å². The lowest BCUT2D eigenvalue weighted by Gasteiger charge is -2.11. The van der Waals surface area contributed by atoms with Crippen molar-refractivity contribution in [3.63, 3.8) is 0 Å². The van der Waals surface area contributed by atoms with Crippen molar-refractivity contribution in [2.75, 3.05) is 17.2 Å². The van der Waals surface area contributed by atoms with Gasteiger partial charge in [-0.15, -0.1) is 0 Å². The first kappa shape index (κ1) is 13.7. The molecule has 0 saturated heterocycles. The minimum absolute atomic E-state index is 0.323. The quantitative estimate of drug-likeness (QED) is 0.874. The highest BCUT2D eigenvalue weighted by molar-refractivity contribution is 9.10. The lowest BCUT2D eigenvalue weighted by molar-refractivity contribution is 0.632. The normalized spacial score (nSPS) is 10.3. The maximum atomic E-state index is 13.6. The van der Waals surface area contributed by atoms with E-state index in [0.717, 1.165) is 13.0 Å². The van der Waals surface area contributed by atoms with Crippen LogP contribution in [0.1, 0.15) is 13.3 Å². The van der Waals surface area contributed by atoms with E-state index in [1.165, 1.54) is 12.4 Å². The van der Waals surface area contributed by atoms with Gasteiger partial charge in [0.2, 0.25) is 0 Å². The number of benzene rings is 1. The highest BCUT2D eigenvalue weighted by atomic mass is 79.9. The van der Waals surface area contributed by atoms with Crippen LogP contribution in [0.4, 0.5) is 21.7 Å². The predicted molar refractivity (Wildman–Crippen MR) is 78.2 cm³/mol. The molecule has 0 aliphatic rings. The topological polar surface area (TPSA) is 49.8 Å². The van der Waals surface area contributed by atoms with E-state index in [1.54, 1.807) is 18.2 Å². The van der Waals surface area contributed by atoms with Crippen LogP contribution in [-0.4, -0.2) is 16.5 Å². The average molecular weight is 325 g/mol. The van der Waals surface area contributed by atoms with Gasteiger partial charge in [-0.2, -0.15) is 0 Å². The van der Waals surface area contributed by atoms with Gasteiger partial charge in [-0.1, -0.05) is 19.1 Å². The summed E-state index contributed by atoms with van der Waals surface area (Å²) in [4.78, 5) is 8.25. The van der Waals surface area contributed by atoms with Gasteiger partial charge in [-0.3, -0.25) is 0 Å². The molecule has 0 saturated carbocycles. The fourth-order valence-electron chi connectivity index (χ4n) is 1.51. The number of hydrogen-bond acceptors (Lipinski definition) is 4. The number of nitrogens with zero attached hydrogens (tertiary/aromatic N) is 2. The summed E-state index contributed by atoms with van der Waals surface area (Å²) in [5.74, 6) is 0.894. The summed E-state index contributed by atoms with van der Waals surface area (Å²) in [6.45, 7) is 2.88. The Morgan fingerprint density at radius 2 is 1.95 bits per heavy atom. The molecular weight excluding hydrogens is 311 g/mol. The van der Waals surface area contributed by atoms with Crippen LogP contribution in [0, 0.1) is 5.82 Å². The molecule has 2 aromatic rings. The smallest absolute Gasteiger partial charge is 0.150 e. The molecule has 1 aromatic heterocycles. The largest absolute Gasteiger partial charge is 0.369 e. The second kappa shape index (κ2) is 6.47. The van der Waals surface area contributed by atoms with Crippen molar-refractivity contribution in [1.29, 1.82) is 0 Å². The Bertz CT molecular complexity index is 562. The van der Waals surface area contributed by atoms with Crippen molar-refractivity contribution in [3.05, 3.63) is 40.9 Å². The predicted octanol–water partition coefficient (Wildman–Crippen LogP) is 3.94. The fraction of sp³-hybridized carbons (Fsp3) is 0.231. The molecule has 0 aliphatic heterocycles. The molecule has 2 N–H and O–H groups in total. The Morgan fingerprint density at radius 1 is 1.21 bits per heavy atom. The summed E-state index contributed by atoms with van der Waals surface area (Å²) in [5, 5.41) is 6.12. The van der Waals surface area contributed by atoms with Crippen LogP contribution < -0.4 is 10.6 Å². The van der Waals surface area contributed by atoms with Gasteiger partial charge in [0.1, 0.15) is 28.3 Å². The summed E-state index contributed by atoms with van der Waals surface area (Å²) >= 11 is 3.42. The summed E-state index contributed by atoms with van der Waals surface area (Å²) in [5.41, 5.74) is 0.378. The van der Waals surface area contributed by atoms with E-state index < -0.39 is 0 Å². The van der Waals surface area contributed by atoms with E-state index in [2.05, 4.69) is 43.5 Å². The van der Waals surface area contributed by atoms with Crippen molar-refractivity contribution < 1.29 is 4.39 Å². The molecule has 0 fully saturated rings. The van der Waals surface area contributed by atoms with E-state index in [0.29, 0.717) is 21.8 Å². The molecule has 4 nitrogen and oxygen atoms in total. The molecule has 0 atom stereocenters. The van der Waals surface area contributed by atoms with E-state index in [-0.39, 0.29) is 5.82 Å². The maximum Gasteiger partial charge on any atom is 0.150 e. The highest BCUT2D eigenvalue weighted by Gasteiger charge is 2.10. The van der Waals surface area contributed by atoms with Gasteiger partial charge in [-0.05, 0) is 34.5 Å². The molecule has 100 valence electrons. The second-order valence-corrected chi connectivity index (χ2v) is 4.71. The Labute approximate surface area is 119 Å². The third kappa shape index (κ3) is 3.41. The molecule has 1 heterocycles. The van der Waals surface area contributed by atoms with Crippen molar-refractivity contribution in [2.24, 2.45) is 0 Å². The standard InChI is InChI=1S/C13H14BrFN4/c1-2-7-16-12-11(14)13(18-8-17-12)19-10-6-4-3-5-9(10)15/h3-6,8H,2,7H2,1H3,(H2,16,17,18,19). The van der Waals surface area contributed by atoms with Crippen LogP contribution in [0.5, 0.6) is 0 Å². The molecule has 6 heteroatoms. The molecule has 0 aliphatic carbocycles. The molecular formula is C13H14BrFN4. The monoisotopic (exact) mass is 324 g/mol. The van der Waals surface area contributed by atoms with E-state index >= 15 is 0 Å². The van der Waals surface area contributed by atoms with Gasteiger partial charge in [-0.25, -0.2) is 14.4 Å². The first-order chi connectivity index (χ1) is 9.22. The molecule has 0 bridgehead atoms. The number of rotatable bonds is 5. The third-order valence-corrected chi connectivity index (χ3v) is 3.21. The van der Waals surface area contributed by atoms with Gasteiger partial charge in [0.05, 0.1) is 5.69 Å². The lowest BCUT2D eigenvalue weighted by Crippen LogP contribution is -2.05. The van der Waals surface area contributed by atoms with E-state index in [1.807, 2.05) is 0 Å². The number of nitrogens with one attached hydrogen (secondary N) is 2. The van der Waals surface area contributed by atoms with Crippen LogP contribution in [-0.2, 0) is 0 Å². The van der Waals surface area contributed by atoms with Gasteiger partial charge < -0.3 is 10.6 Å². The molecule has 0 unspecified atom stereocenters. The van der Waals surface area contributed by atoms with Crippen LogP contribution in [0.3, 0.4) is 0 Å². The highest BCUT2D eigenvalue weighted by Crippen LogP contribution is 2.29. The van der Waals surface area contributed by atoms with Crippen LogP contribution >= 0.6 is 15.9 Å².